The average Bonchev–Trinajstić information content (AvgIpc) is 2.42. The molecule has 1 N–H and O–H groups in total. The lowest BCUT2D eigenvalue weighted by Gasteiger charge is -2.10. The van der Waals surface area contributed by atoms with Gasteiger partial charge in [0.2, 0.25) is 5.88 Å². The summed E-state index contributed by atoms with van der Waals surface area (Å²) in [6.07, 6.45) is 1.41. The monoisotopic (exact) mass is 356 g/mol. The number of aromatic nitrogens is 1. The molecule has 0 aliphatic rings. The molecule has 1 aromatic heterocycles. The number of sulfonamides is 1. The highest BCUT2D eigenvalue weighted by Gasteiger charge is 2.17. The van der Waals surface area contributed by atoms with Crippen molar-refractivity contribution in [3.8, 4) is 5.88 Å². The summed E-state index contributed by atoms with van der Waals surface area (Å²) < 4.78 is 32.8. The highest BCUT2D eigenvalue weighted by Crippen LogP contribution is 2.23. The number of hydrogen-bond acceptors (Lipinski definition) is 4. The van der Waals surface area contributed by atoms with Crippen molar-refractivity contribution in [1.29, 1.82) is 0 Å². The molecule has 5 nitrogen and oxygen atoms in total. The van der Waals surface area contributed by atoms with Gasteiger partial charge in [-0.1, -0.05) is 22.0 Å². The van der Waals surface area contributed by atoms with E-state index in [0.29, 0.717) is 21.6 Å². The first kappa shape index (κ1) is 14.8. The Morgan fingerprint density at radius 2 is 2.00 bits per heavy atom. The molecule has 0 atom stereocenters. The molecule has 0 saturated carbocycles. The molecule has 7 heteroatoms. The van der Waals surface area contributed by atoms with E-state index in [0.717, 1.165) is 0 Å². The van der Waals surface area contributed by atoms with E-state index < -0.39 is 10.0 Å². The Kier molecular flexibility index (Phi) is 4.29. The number of nitrogens with one attached hydrogen (secondary N) is 1. The fourth-order valence-corrected chi connectivity index (χ4v) is 3.46. The van der Waals surface area contributed by atoms with Crippen LogP contribution >= 0.6 is 15.9 Å². The smallest absolute Gasteiger partial charge is 0.262 e. The largest absolute Gasteiger partial charge is 0.481 e. The molecule has 0 aliphatic heterocycles. The van der Waals surface area contributed by atoms with Gasteiger partial charge in [0.25, 0.3) is 10.0 Å². The first-order chi connectivity index (χ1) is 9.42. The second-order valence-electron chi connectivity index (χ2n) is 4.10. The summed E-state index contributed by atoms with van der Waals surface area (Å²) in [4.78, 5) is 4.18. The third-order valence-corrected chi connectivity index (χ3v) is 4.65. The third kappa shape index (κ3) is 3.29. The average molecular weight is 357 g/mol. The van der Waals surface area contributed by atoms with E-state index >= 15 is 0 Å². The zero-order chi connectivity index (χ0) is 14.8. The maximum Gasteiger partial charge on any atom is 0.262 e. The van der Waals surface area contributed by atoms with Gasteiger partial charge in [-0.05, 0) is 30.7 Å². The SMILES string of the molecule is COc1ccc(NS(=O)(=O)c2cc(Br)ccc2C)cn1. The number of anilines is 1. The molecule has 106 valence electrons. The first-order valence-corrected chi connectivity index (χ1v) is 7.99. The van der Waals surface area contributed by atoms with Gasteiger partial charge >= 0.3 is 0 Å². The number of hydrogen-bond donors (Lipinski definition) is 1. The molecule has 0 fully saturated rings. The van der Waals surface area contributed by atoms with Gasteiger partial charge in [-0.3, -0.25) is 4.72 Å². The topological polar surface area (TPSA) is 68.3 Å². The summed E-state index contributed by atoms with van der Waals surface area (Å²) in [5.41, 5.74) is 1.05. The number of benzene rings is 1. The van der Waals surface area contributed by atoms with E-state index in [2.05, 4.69) is 25.6 Å². The van der Waals surface area contributed by atoms with Crippen LogP contribution in [-0.4, -0.2) is 20.5 Å². The number of aryl methyl sites for hydroxylation is 1. The molecule has 0 spiro atoms. The molecule has 0 amide bonds. The van der Waals surface area contributed by atoms with Crippen molar-refractivity contribution in [2.24, 2.45) is 0 Å². The molecule has 20 heavy (non-hydrogen) atoms. The summed E-state index contributed by atoms with van der Waals surface area (Å²) in [5.74, 6) is 0.423. The molecule has 1 heterocycles. The Balaban J connectivity index is 2.32. The highest BCUT2D eigenvalue weighted by molar-refractivity contribution is 9.10. The minimum atomic E-state index is -3.65. The second-order valence-corrected chi connectivity index (χ2v) is 6.67. The minimum absolute atomic E-state index is 0.225. The third-order valence-electron chi connectivity index (χ3n) is 2.64. The van der Waals surface area contributed by atoms with E-state index in [1.54, 1.807) is 37.3 Å². The fourth-order valence-electron chi connectivity index (χ4n) is 1.63. The van der Waals surface area contributed by atoms with Gasteiger partial charge in [0.15, 0.2) is 0 Å². The van der Waals surface area contributed by atoms with Gasteiger partial charge in [0, 0.05) is 10.5 Å². The Labute approximate surface area is 126 Å². The van der Waals surface area contributed by atoms with Crippen LogP contribution in [0, 0.1) is 6.92 Å². The van der Waals surface area contributed by atoms with Crippen molar-refractivity contribution in [2.75, 3.05) is 11.8 Å². The molecule has 2 rings (SSSR count). The van der Waals surface area contributed by atoms with Crippen molar-refractivity contribution < 1.29 is 13.2 Å². The van der Waals surface area contributed by atoms with Gasteiger partial charge in [0.05, 0.1) is 23.9 Å². The quantitative estimate of drug-likeness (QED) is 0.914. The Hall–Kier alpha value is -1.60. The summed E-state index contributed by atoms with van der Waals surface area (Å²) in [7, 11) is -2.15. The second kappa shape index (κ2) is 5.80. The molecule has 1 aromatic carbocycles. The van der Waals surface area contributed by atoms with Crippen LogP contribution in [0.15, 0.2) is 45.9 Å². The van der Waals surface area contributed by atoms with Crippen LogP contribution in [0.5, 0.6) is 5.88 Å². The normalized spacial score (nSPS) is 11.2. The van der Waals surface area contributed by atoms with Crippen LogP contribution in [0.2, 0.25) is 0 Å². The van der Waals surface area contributed by atoms with Crippen LogP contribution in [0.4, 0.5) is 5.69 Å². The number of ether oxygens (including phenoxy) is 1. The van der Waals surface area contributed by atoms with Crippen LogP contribution < -0.4 is 9.46 Å². The summed E-state index contributed by atoms with van der Waals surface area (Å²) in [6.45, 7) is 1.74. The molecular formula is C13H13BrN2O3S. The predicted molar refractivity (Wildman–Crippen MR) is 80.5 cm³/mol. The van der Waals surface area contributed by atoms with Crippen LogP contribution in [0.25, 0.3) is 0 Å². The van der Waals surface area contributed by atoms with Gasteiger partial charge in [-0.25, -0.2) is 13.4 Å². The standard InChI is InChI=1S/C13H13BrN2O3S/c1-9-3-4-10(14)7-12(9)20(17,18)16-11-5-6-13(19-2)15-8-11/h3-8,16H,1-2H3. The lowest BCUT2D eigenvalue weighted by molar-refractivity contribution is 0.398. The number of pyridine rings is 1. The number of nitrogens with zero attached hydrogens (tertiary/aromatic N) is 1. The lowest BCUT2D eigenvalue weighted by atomic mass is 10.2. The van der Waals surface area contributed by atoms with E-state index in [-0.39, 0.29) is 4.90 Å². The molecule has 0 bridgehead atoms. The summed E-state index contributed by atoms with van der Waals surface area (Å²) in [5, 5.41) is 0. The highest BCUT2D eigenvalue weighted by atomic mass is 79.9. The summed E-state index contributed by atoms with van der Waals surface area (Å²) in [6, 6.07) is 8.28. The number of methoxy groups -OCH3 is 1. The van der Waals surface area contributed by atoms with Gasteiger partial charge in [-0.2, -0.15) is 0 Å². The van der Waals surface area contributed by atoms with Crippen molar-refractivity contribution in [1.82, 2.24) is 4.98 Å². The van der Waals surface area contributed by atoms with Crippen LogP contribution in [0.1, 0.15) is 5.56 Å². The number of rotatable bonds is 4. The van der Waals surface area contributed by atoms with Crippen LogP contribution in [-0.2, 0) is 10.0 Å². The Morgan fingerprint density at radius 3 is 2.60 bits per heavy atom. The van der Waals surface area contributed by atoms with E-state index in [9.17, 15) is 8.42 Å². The van der Waals surface area contributed by atoms with Crippen molar-refractivity contribution in [3.63, 3.8) is 0 Å². The molecule has 0 unspecified atom stereocenters. The van der Waals surface area contributed by atoms with Crippen molar-refractivity contribution >= 4 is 31.6 Å². The van der Waals surface area contributed by atoms with Crippen LogP contribution in [0.3, 0.4) is 0 Å². The first-order valence-electron chi connectivity index (χ1n) is 5.71. The summed E-state index contributed by atoms with van der Waals surface area (Å²) >= 11 is 3.27. The molecule has 2 aromatic rings. The maximum absolute atomic E-state index is 12.3. The van der Waals surface area contributed by atoms with Crippen molar-refractivity contribution in [2.45, 2.75) is 11.8 Å². The molecule has 0 saturated heterocycles. The van der Waals surface area contributed by atoms with E-state index in [4.69, 9.17) is 4.74 Å². The molecular weight excluding hydrogens is 344 g/mol. The van der Waals surface area contributed by atoms with Gasteiger partial charge in [0.1, 0.15) is 0 Å². The van der Waals surface area contributed by atoms with Gasteiger partial charge in [-0.15, -0.1) is 0 Å². The van der Waals surface area contributed by atoms with Crippen molar-refractivity contribution in [3.05, 3.63) is 46.6 Å². The zero-order valence-electron chi connectivity index (χ0n) is 10.9. The molecule has 0 aliphatic carbocycles. The van der Waals surface area contributed by atoms with E-state index in [1.807, 2.05) is 0 Å². The predicted octanol–water partition coefficient (Wildman–Crippen LogP) is 2.96. The van der Waals surface area contributed by atoms with E-state index in [1.165, 1.54) is 13.3 Å². The number of halogens is 1. The lowest BCUT2D eigenvalue weighted by Crippen LogP contribution is -2.14. The molecule has 0 radical (unpaired) electrons. The minimum Gasteiger partial charge on any atom is -0.481 e. The Morgan fingerprint density at radius 1 is 1.25 bits per heavy atom. The fraction of sp³-hybridized carbons (Fsp3) is 0.154. The maximum atomic E-state index is 12.3. The van der Waals surface area contributed by atoms with Gasteiger partial charge < -0.3 is 4.74 Å². The zero-order valence-corrected chi connectivity index (χ0v) is 13.3. The Bertz CT molecular complexity index is 715.